The van der Waals surface area contributed by atoms with E-state index in [0.29, 0.717) is 0 Å². The third kappa shape index (κ3) is 2.68. The summed E-state index contributed by atoms with van der Waals surface area (Å²) in [4.78, 5) is 4.48. The topological polar surface area (TPSA) is 24.9 Å². The van der Waals surface area contributed by atoms with Crippen molar-refractivity contribution in [1.29, 1.82) is 0 Å². The largest absolute Gasteiger partial charge is 0.380 e. The van der Waals surface area contributed by atoms with Gasteiger partial charge in [-0.1, -0.05) is 30.3 Å². The second-order valence-corrected chi connectivity index (χ2v) is 5.68. The molecule has 100 valence electrons. The van der Waals surface area contributed by atoms with Gasteiger partial charge < -0.3 is 5.32 Å². The number of anilines is 1. The third-order valence-electron chi connectivity index (χ3n) is 3.31. The highest BCUT2D eigenvalue weighted by atomic mass is 79.9. The van der Waals surface area contributed by atoms with E-state index in [1.165, 1.54) is 16.5 Å². The summed E-state index contributed by atoms with van der Waals surface area (Å²) in [6.45, 7) is 2.85. The number of aromatic nitrogens is 1. The average molecular weight is 327 g/mol. The van der Waals surface area contributed by atoms with Crippen LogP contribution in [0.25, 0.3) is 10.9 Å². The quantitative estimate of drug-likeness (QED) is 0.739. The normalized spacial score (nSPS) is 10.7. The van der Waals surface area contributed by atoms with Gasteiger partial charge in [-0.05, 0) is 52.2 Å². The van der Waals surface area contributed by atoms with Gasteiger partial charge >= 0.3 is 0 Å². The molecule has 0 saturated carbocycles. The van der Waals surface area contributed by atoms with Gasteiger partial charge in [0, 0.05) is 28.3 Å². The van der Waals surface area contributed by atoms with Gasteiger partial charge in [0.05, 0.1) is 5.52 Å². The van der Waals surface area contributed by atoms with Crippen LogP contribution in [0.4, 0.5) is 5.69 Å². The smallest absolute Gasteiger partial charge is 0.0751 e. The number of pyridine rings is 1. The maximum absolute atomic E-state index is 4.48. The molecule has 3 heteroatoms. The minimum absolute atomic E-state index is 0.760. The van der Waals surface area contributed by atoms with Crippen LogP contribution in [0.5, 0.6) is 0 Å². The van der Waals surface area contributed by atoms with Gasteiger partial charge in [-0.2, -0.15) is 0 Å². The van der Waals surface area contributed by atoms with Gasteiger partial charge in [0.15, 0.2) is 0 Å². The number of benzene rings is 2. The molecule has 0 fully saturated rings. The molecule has 1 N–H and O–H groups in total. The third-order valence-corrected chi connectivity index (χ3v) is 4.00. The van der Waals surface area contributed by atoms with Crippen molar-refractivity contribution in [2.24, 2.45) is 0 Å². The van der Waals surface area contributed by atoms with Crippen LogP contribution in [0.2, 0.25) is 0 Å². The maximum atomic E-state index is 4.48. The molecule has 0 atom stereocenters. The van der Waals surface area contributed by atoms with Crippen molar-refractivity contribution in [3.8, 4) is 0 Å². The van der Waals surface area contributed by atoms with Crippen LogP contribution < -0.4 is 5.32 Å². The summed E-state index contributed by atoms with van der Waals surface area (Å²) in [6.07, 6.45) is 1.84. The number of hydrogen-bond donors (Lipinski definition) is 1. The summed E-state index contributed by atoms with van der Waals surface area (Å²) in [6, 6.07) is 16.6. The second-order valence-electron chi connectivity index (χ2n) is 4.83. The highest BCUT2D eigenvalue weighted by molar-refractivity contribution is 9.10. The molecule has 0 spiro atoms. The molecule has 3 aromatic rings. The molecule has 0 aliphatic rings. The van der Waals surface area contributed by atoms with Crippen molar-refractivity contribution >= 4 is 32.5 Å². The zero-order valence-corrected chi connectivity index (χ0v) is 12.8. The van der Waals surface area contributed by atoms with Gasteiger partial charge in [0.2, 0.25) is 0 Å². The molecular weight excluding hydrogens is 312 g/mol. The number of rotatable bonds is 3. The van der Waals surface area contributed by atoms with Crippen LogP contribution in [0, 0.1) is 6.92 Å². The predicted molar refractivity (Wildman–Crippen MR) is 87.9 cm³/mol. The van der Waals surface area contributed by atoms with Gasteiger partial charge in [-0.15, -0.1) is 0 Å². The van der Waals surface area contributed by atoms with E-state index in [-0.39, 0.29) is 0 Å². The van der Waals surface area contributed by atoms with Crippen LogP contribution in [0.15, 0.2) is 59.2 Å². The summed E-state index contributed by atoms with van der Waals surface area (Å²) in [5.74, 6) is 0. The van der Waals surface area contributed by atoms with E-state index in [0.717, 1.165) is 22.2 Å². The number of halogens is 1. The second kappa shape index (κ2) is 5.63. The average Bonchev–Trinajstić information content (AvgIpc) is 2.48. The summed E-state index contributed by atoms with van der Waals surface area (Å²) >= 11 is 3.58. The molecule has 0 aliphatic carbocycles. The van der Waals surface area contributed by atoms with Gasteiger partial charge in [-0.25, -0.2) is 0 Å². The predicted octanol–water partition coefficient (Wildman–Crippen LogP) is 4.92. The Morgan fingerprint density at radius 2 is 1.95 bits per heavy atom. The molecule has 2 aromatic carbocycles. The van der Waals surface area contributed by atoms with Crippen LogP contribution in [0.1, 0.15) is 11.1 Å². The first kappa shape index (κ1) is 13.1. The fourth-order valence-electron chi connectivity index (χ4n) is 2.28. The number of fused-ring (bicyclic) bond motifs is 1. The van der Waals surface area contributed by atoms with Crippen LogP contribution in [-0.4, -0.2) is 4.98 Å². The summed E-state index contributed by atoms with van der Waals surface area (Å²) in [5, 5.41) is 4.65. The SMILES string of the molecule is Cc1ccc(Br)c(NCc2cccc3cccnc23)c1. The number of hydrogen-bond acceptors (Lipinski definition) is 2. The van der Waals surface area contributed by atoms with Crippen molar-refractivity contribution in [3.05, 3.63) is 70.3 Å². The molecular formula is C17H15BrN2. The number of para-hydroxylation sites is 1. The number of nitrogens with zero attached hydrogens (tertiary/aromatic N) is 1. The minimum Gasteiger partial charge on any atom is -0.380 e. The first-order chi connectivity index (χ1) is 9.74. The van der Waals surface area contributed by atoms with E-state index >= 15 is 0 Å². The Labute approximate surface area is 127 Å². The lowest BCUT2D eigenvalue weighted by molar-refractivity contribution is 1.15. The monoisotopic (exact) mass is 326 g/mol. The van der Waals surface area contributed by atoms with Crippen molar-refractivity contribution in [3.63, 3.8) is 0 Å². The lowest BCUT2D eigenvalue weighted by Gasteiger charge is -2.11. The molecule has 0 saturated heterocycles. The number of nitrogens with one attached hydrogen (secondary N) is 1. The van der Waals surface area contributed by atoms with Crippen molar-refractivity contribution < 1.29 is 0 Å². The first-order valence-corrected chi connectivity index (χ1v) is 7.36. The molecule has 2 nitrogen and oxygen atoms in total. The van der Waals surface area contributed by atoms with Crippen molar-refractivity contribution in [2.75, 3.05) is 5.32 Å². The first-order valence-electron chi connectivity index (χ1n) is 6.57. The molecule has 0 radical (unpaired) electrons. The summed E-state index contributed by atoms with van der Waals surface area (Å²) in [5.41, 5.74) is 4.62. The summed E-state index contributed by atoms with van der Waals surface area (Å²) < 4.78 is 1.08. The van der Waals surface area contributed by atoms with E-state index in [9.17, 15) is 0 Å². The molecule has 1 heterocycles. The van der Waals surface area contributed by atoms with E-state index in [1.807, 2.05) is 12.3 Å². The molecule has 20 heavy (non-hydrogen) atoms. The molecule has 0 unspecified atom stereocenters. The lowest BCUT2D eigenvalue weighted by Crippen LogP contribution is -2.01. The summed E-state index contributed by atoms with van der Waals surface area (Å²) in [7, 11) is 0. The van der Waals surface area contributed by atoms with Gasteiger partial charge in [-0.3, -0.25) is 4.98 Å². The molecule has 0 amide bonds. The highest BCUT2D eigenvalue weighted by Gasteiger charge is 2.03. The highest BCUT2D eigenvalue weighted by Crippen LogP contribution is 2.25. The Hall–Kier alpha value is -1.87. The fourth-order valence-corrected chi connectivity index (χ4v) is 2.66. The van der Waals surface area contributed by atoms with Gasteiger partial charge in [0.1, 0.15) is 0 Å². The van der Waals surface area contributed by atoms with Crippen molar-refractivity contribution in [2.45, 2.75) is 13.5 Å². The zero-order chi connectivity index (χ0) is 13.9. The minimum atomic E-state index is 0.760. The van der Waals surface area contributed by atoms with Gasteiger partial charge in [0.25, 0.3) is 0 Å². The molecule has 1 aromatic heterocycles. The van der Waals surface area contributed by atoms with E-state index < -0.39 is 0 Å². The fraction of sp³-hybridized carbons (Fsp3) is 0.118. The Bertz CT molecular complexity index is 748. The van der Waals surface area contributed by atoms with Crippen molar-refractivity contribution in [1.82, 2.24) is 4.98 Å². The number of aryl methyl sites for hydroxylation is 1. The van der Waals surface area contributed by atoms with E-state index in [2.05, 4.69) is 75.6 Å². The Morgan fingerprint density at radius 1 is 1.10 bits per heavy atom. The maximum Gasteiger partial charge on any atom is 0.0751 e. The van der Waals surface area contributed by atoms with Crippen LogP contribution in [0.3, 0.4) is 0 Å². The van der Waals surface area contributed by atoms with E-state index in [4.69, 9.17) is 0 Å². The lowest BCUT2D eigenvalue weighted by atomic mass is 10.1. The van der Waals surface area contributed by atoms with E-state index in [1.54, 1.807) is 0 Å². The Kier molecular flexibility index (Phi) is 3.70. The zero-order valence-electron chi connectivity index (χ0n) is 11.2. The molecule has 0 aliphatic heterocycles. The standard InChI is InChI=1S/C17H15BrN2/c1-12-7-8-15(18)16(10-12)20-11-14-5-2-4-13-6-3-9-19-17(13)14/h2-10,20H,11H2,1H3. The molecule has 3 rings (SSSR count). The van der Waals surface area contributed by atoms with Crippen LogP contribution >= 0.6 is 15.9 Å². The Balaban J connectivity index is 1.89. The van der Waals surface area contributed by atoms with Crippen LogP contribution in [-0.2, 0) is 6.54 Å². The Morgan fingerprint density at radius 3 is 2.85 bits per heavy atom. The molecule has 0 bridgehead atoms.